The van der Waals surface area contributed by atoms with E-state index in [1.54, 1.807) is 7.11 Å². The minimum atomic E-state index is -0.780. The molecule has 0 aliphatic carbocycles. The van der Waals surface area contributed by atoms with Crippen molar-refractivity contribution in [2.24, 2.45) is 17.0 Å². The summed E-state index contributed by atoms with van der Waals surface area (Å²) in [5, 5.41) is 4.42. The number of ether oxygens (including phenoxy) is 1. The molecule has 0 radical (unpaired) electrons. The average molecular weight is 358 g/mol. The van der Waals surface area contributed by atoms with E-state index in [0.717, 1.165) is 39.4 Å². The first kappa shape index (κ1) is 17.2. The minimum Gasteiger partial charge on any atom is -0.497 e. The third-order valence-corrected chi connectivity index (χ3v) is 5.06. The second-order valence-electron chi connectivity index (χ2n) is 6.76. The lowest BCUT2D eigenvalue weighted by Gasteiger charge is -2.24. The standard InChI is InChI=1S/C22H22N4O/c1-15-13-23-22(25-15,21-14-24-26(3)16(21)2)19-9-5-7-17(11-19)18-8-6-10-20(12-18)27-4/h5-14H,1-4H3. The Bertz CT molecular complexity index is 1060. The molecule has 2 aromatic carbocycles. The van der Waals surface area contributed by atoms with E-state index in [1.165, 1.54) is 0 Å². The third kappa shape index (κ3) is 2.85. The molecule has 1 aliphatic heterocycles. The number of nitrogens with zero attached hydrogens (tertiary/aromatic N) is 4. The molecule has 27 heavy (non-hydrogen) atoms. The summed E-state index contributed by atoms with van der Waals surface area (Å²) in [6.07, 6.45) is 3.71. The molecule has 0 bridgehead atoms. The molecule has 4 rings (SSSR count). The lowest BCUT2D eigenvalue weighted by Crippen LogP contribution is -2.22. The maximum Gasteiger partial charge on any atom is 0.204 e. The Morgan fingerprint density at radius 1 is 1.00 bits per heavy atom. The van der Waals surface area contributed by atoms with Crippen LogP contribution in [0.3, 0.4) is 0 Å². The first-order valence-corrected chi connectivity index (χ1v) is 8.89. The van der Waals surface area contributed by atoms with Gasteiger partial charge in [0.15, 0.2) is 0 Å². The van der Waals surface area contributed by atoms with Gasteiger partial charge in [0, 0.05) is 30.1 Å². The Balaban J connectivity index is 1.88. The van der Waals surface area contributed by atoms with Gasteiger partial charge in [0.25, 0.3) is 0 Å². The van der Waals surface area contributed by atoms with Crippen LogP contribution in [0.4, 0.5) is 0 Å². The van der Waals surface area contributed by atoms with Gasteiger partial charge < -0.3 is 4.74 Å². The van der Waals surface area contributed by atoms with Crippen LogP contribution >= 0.6 is 0 Å². The Morgan fingerprint density at radius 3 is 2.37 bits per heavy atom. The highest BCUT2D eigenvalue weighted by Gasteiger charge is 2.38. The Kier molecular flexibility index (Phi) is 4.15. The van der Waals surface area contributed by atoms with Crippen LogP contribution in [-0.2, 0) is 12.7 Å². The summed E-state index contributed by atoms with van der Waals surface area (Å²) < 4.78 is 7.23. The van der Waals surface area contributed by atoms with Gasteiger partial charge in [-0.2, -0.15) is 5.10 Å². The predicted molar refractivity (Wildman–Crippen MR) is 109 cm³/mol. The van der Waals surface area contributed by atoms with Crippen LogP contribution in [0.2, 0.25) is 0 Å². The van der Waals surface area contributed by atoms with Crippen molar-refractivity contribution in [1.29, 1.82) is 0 Å². The molecule has 0 saturated heterocycles. The van der Waals surface area contributed by atoms with Crippen molar-refractivity contribution < 1.29 is 4.74 Å². The smallest absolute Gasteiger partial charge is 0.204 e. The summed E-state index contributed by atoms with van der Waals surface area (Å²) in [5.74, 6) is 0.837. The van der Waals surface area contributed by atoms with Crippen molar-refractivity contribution >= 4 is 11.9 Å². The quantitative estimate of drug-likeness (QED) is 0.703. The van der Waals surface area contributed by atoms with Gasteiger partial charge in [0.2, 0.25) is 5.66 Å². The number of aliphatic imine (C=N–C) groups is 2. The molecule has 3 aromatic rings. The van der Waals surface area contributed by atoms with E-state index in [9.17, 15) is 0 Å². The molecule has 0 spiro atoms. The van der Waals surface area contributed by atoms with Crippen LogP contribution in [0.25, 0.3) is 11.1 Å². The van der Waals surface area contributed by atoms with Crippen molar-refractivity contribution in [1.82, 2.24) is 9.78 Å². The van der Waals surface area contributed by atoms with Gasteiger partial charge in [0.1, 0.15) is 5.75 Å². The minimum absolute atomic E-state index is 0.780. The molecule has 1 unspecified atom stereocenters. The number of rotatable bonds is 4. The van der Waals surface area contributed by atoms with Crippen LogP contribution in [-0.4, -0.2) is 28.8 Å². The van der Waals surface area contributed by atoms with E-state index >= 15 is 0 Å². The van der Waals surface area contributed by atoms with Gasteiger partial charge in [-0.05, 0) is 43.2 Å². The van der Waals surface area contributed by atoms with E-state index in [-0.39, 0.29) is 0 Å². The number of aromatic nitrogens is 2. The van der Waals surface area contributed by atoms with E-state index in [1.807, 2.05) is 49.3 Å². The largest absolute Gasteiger partial charge is 0.497 e. The van der Waals surface area contributed by atoms with Crippen LogP contribution < -0.4 is 4.74 Å². The molecule has 0 fully saturated rings. The van der Waals surface area contributed by atoms with Gasteiger partial charge in [-0.25, -0.2) is 4.99 Å². The van der Waals surface area contributed by atoms with Crippen LogP contribution in [0.15, 0.2) is 64.7 Å². The fourth-order valence-electron chi connectivity index (χ4n) is 3.48. The second-order valence-corrected chi connectivity index (χ2v) is 6.76. The Labute approximate surface area is 159 Å². The number of aryl methyl sites for hydroxylation is 1. The van der Waals surface area contributed by atoms with E-state index in [0.29, 0.717) is 0 Å². The van der Waals surface area contributed by atoms with Crippen molar-refractivity contribution in [3.8, 4) is 16.9 Å². The molecule has 1 atom stereocenters. The van der Waals surface area contributed by atoms with E-state index < -0.39 is 5.66 Å². The SMILES string of the molecule is COc1cccc(-c2cccc(C3(c4cnn(C)c4C)N=CC(C)=N3)c2)c1. The van der Waals surface area contributed by atoms with Crippen molar-refractivity contribution in [2.75, 3.05) is 7.11 Å². The average Bonchev–Trinajstić information content (AvgIpc) is 3.25. The molecule has 136 valence electrons. The molecule has 5 nitrogen and oxygen atoms in total. The van der Waals surface area contributed by atoms with E-state index in [4.69, 9.17) is 14.7 Å². The van der Waals surface area contributed by atoms with Gasteiger partial charge in [-0.3, -0.25) is 9.67 Å². The summed E-state index contributed by atoms with van der Waals surface area (Å²) in [4.78, 5) is 9.74. The van der Waals surface area contributed by atoms with E-state index in [2.05, 4.69) is 42.4 Å². The highest BCUT2D eigenvalue weighted by molar-refractivity contribution is 6.31. The first-order valence-electron chi connectivity index (χ1n) is 8.89. The zero-order valence-electron chi connectivity index (χ0n) is 16.0. The fourth-order valence-corrected chi connectivity index (χ4v) is 3.48. The lowest BCUT2D eigenvalue weighted by molar-refractivity contribution is 0.415. The maximum atomic E-state index is 5.37. The summed E-state index contributed by atoms with van der Waals surface area (Å²) in [6, 6.07) is 16.4. The van der Waals surface area contributed by atoms with Crippen molar-refractivity contribution in [3.05, 3.63) is 71.5 Å². The van der Waals surface area contributed by atoms with Gasteiger partial charge in [-0.1, -0.05) is 30.3 Å². The molecule has 5 heteroatoms. The third-order valence-electron chi connectivity index (χ3n) is 5.06. The second kappa shape index (κ2) is 6.50. The van der Waals surface area contributed by atoms with Gasteiger partial charge in [0.05, 0.1) is 19.0 Å². The topological polar surface area (TPSA) is 51.8 Å². The van der Waals surface area contributed by atoms with Crippen LogP contribution in [0, 0.1) is 6.92 Å². The number of methoxy groups -OCH3 is 1. The van der Waals surface area contributed by atoms with Crippen LogP contribution in [0.5, 0.6) is 5.75 Å². The normalized spacial score (nSPS) is 18.6. The summed E-state index contributed by atoms with van der Waals surface area (Å²) in [5.41, 5.74) is 5.40. The predicted octanol–water partition coefficient (Wildman–Crippen LogP) is 4.15. The monoisotopic (exact) mass is 358 g/mol. The molecule has 1 aliphatic rings. The number of benzene rings is 2. The Hall–Kier alpha value is -3.21. The first-order chi connectivity index (χ1) is 13.0. The lowest BCUT2D eigenvalue weighted by atomic mass is 9.90. The zero-order valence-corrected chi connectivity index (χ0v) is 16.0. The molecule has 0 saturated carbocycles. The molecule has 0 N–H and O–H groups in total. The molecule has 0 amide bonds. The van der Waals surface area contributed by atoms with Crippen molar-refractivity contribution in [2.45, 2.75) is 19.5 Å². The van der Waals surface area contributed by atoms with Crippen LogP contribution in [0.1, 0.15) is 23.7 Å². The highest BCUT2D eigenvalue weighted by atomic mass is 16.5. The Morgan fingerprint density at radius 2 is 1.74 bits per heavy atom. The summed E-state index contributed by atoms with van der Waals surface area (Å²) >= 11 is 0. The number of hydrogen-bond donors (Lipinski definition) is 0. The van der Waals surface area contributed by atoms with Crippen molar-refractivity contribution in [3.63, 3.8) is 0 Å². The molecular weight excluding hydrogens is 336 g/mol. The molecule has 2 heterocycles. The summed E-state index contributed by atoms with van der Waals surface area (Å²) in [7, 11) is 3.62. The number of hydrogen-bond acceptors (Lipinski definition) is 4. The molecular formula is C22H22N4O. The maximum absolute atomic E-state index is 5.37. The fraction of sp³-hybridized carbons (Fsp3) is 0.227. The van der Waals surface area contributed by atoms with Gasteiger partial charge in [-0.15, -0.1) is 0 Å². The van der Waals surface area contributed by atoms with Gasteiger partial charge >= 0.3 is 0 Å². The summed E-state index contributed by atoms with van der Waals surface area (Å²) in [6.45, 7) is 4.03. The highest BCUT2D eigenvalue weighted by Crippen LogP contribution is 2.40. The zero-order chi connectivity index (χ0) is 19.0. The molecule has 1 aromatic heterocycles.